The van der Waals surface area contributed by atoms with Gasteiger partial charge in [0, 0.05) is 17.2 Å². The molecular weight excluding hydrogens is 319 g/mol. The van der Waals surface area contributed by atoms with Crippen LogP contribution in [-0.2, 0) is 16.9 Å². The van der Waals surface area contributed by atoms with Gasteiger partial charge in [-0.25, -0.2) is 22.8 Å². The third-order valence-electron chi connectivity index (χ3n) is 4.13. The molecule has 0 aliphatic carbocycles. The molecule has 0 radical (unpaired) electrons. The van der Waals surface area contributed by atoms with Crippen molar-refractivity contribution in [1.29, 1.82) is 0 Å². The lowest BCUT2D eigenvalue weighted by molar-refractivity contribution is 0.256. The van der Waals surface area contributed by atoms with Crippen molar-refractivity contribution >= 4 is 0 Å². The lowest BCUT2D eigenvalue weighted by atomic mass is 9.91. The molecule has 1 saturated heterocycles. The van der Waals surface area contributed by atoms with Crippen molar-refractivity contribution < 1.29 is 17.9 Å². The highest BCUT2D eigenvalue weighted by atomic mass is 19.1. The highest BCUT2D eigenvalue weighted by Crippen LogP contribution is 2.58. The molecule has 2 aromatic carbocycles. The van der Waals surface area contributed by atoms with Gasteiger partial charge in [0.05, 0.1) is 6.54 Å². The van der Waals surface area contributed by atoms with Crippen LogP contribution in [0.5, 0.6) is 0 Å². The Balaban J connectivity index is 1.79. The summed E-state index contributed by atoms with van der Waals surface area (Å²) >= 11 is 0. The summed E-state index contributed by atoms with van der Waals surface area (Å²) in [5, 5.41) is 4.00. The van der Waals surface area contributed by atoms with Gasteiger partial charge in [-0.1, -0.05) is 24.3 Å². The SMILES string of the molecule is Fc1ccc([C@@]2(Cn3cncn3)O[C@@H]2c2ccccc2F)c(F)c1. The molecule has 4 rings (SSSR count). The molecular formula is C17H12F3N3O. The maximum atomic E-state index is 14.3. The molecule has 0 amide bonds. The van der Waals surface area contributed by atoms with E-state index in [1.165, 1.54) is 29.5 Å². The summed E-state index contributed by atoms with van der Waals surface area (Å²) in [4.78, 5) is 3.85. The molecule has 3 aromatic rings. The van der Waals surface area contributed by atoms with Gasteiger partial charge in [-0.3, -0.25) is 0 Å². The van der Waals surface area contributed by atoms with E-state index in [4.69, 9.17) is 4.74 Å². The Morgan fingerprint density at radius 2 is 1.92 bits per heavy atom. The summed E-state index contributed by atoms with van der Waals surface area (Å²) in [7, 11) is 0. The second-order valence-corrected chi connectivity index (χ2v) is 5.63. The molecule has 122 valence electrons. The first-order valence-electron chi connectivity index (χ1n) is 7.30. The smallest absolute Gasteiger partial charge is 0.147 e. The van der Waals surface area contributed by atoms with E-state index in [0.717, 1.165) is 12.1 Å². The van der Waals surface area contributed by atoms with Crippen molar-refractivity contribution in [2.45, 2.75) is 18.2 Å². The van der Waals surface area contributed by atoms with E-state index < -0.39 is 29.2 Å². The number of aromatic nitrogens is 3. The Kier molecular flexibility index (Phi) is 3.38. The van der Waals surface area contributed by atoms with Gasteiger partial charge < -0.3 is 4.74 Å². The second kappa shape index (κ2) is 5.45. The largest absolute Gasteiger partial charge is 0.354 e. The van der Waals surface area contributed by atoms with Crippen LogP contribution >= 0.6 is 0 Å². The molecule has 0 unspecified atom stereocenters. The molecule has 1 fully saturated rings. The summed E-state index contributed by atoms with van der Waals surface area (Å²) in [6.45, 7) is 0.133. The molecule has 1 aliphatic heterocycles. The predicted molar refractivity (Wildman–Crippen MR) is 78.3 cm³/mol. The van der Waals surface area contributed by atoms with Gasteiger partial charge in [-0.05, 0) is 12.1 Å². The number of epoxide rings is 1. The van der Waals surface area contributed by atoms with Gasteiger partial charge in [-0.2, -0.15) is 5.10 Å². The fourth-order valence-corrected chi connectivity index (χ4v) is 2.98. The Labute approximate surface area is 135 Å². The maximum absolute atomic E-state index is 14.3. The fourth-order valence-electron chi connectivity index (χ4n) is 2.98. The maximum Gasteiger partial charge on any atom is 0.147 e. The standard InChI is InChI=1S/C17H12F3N3O/c18-11-5-6-13(15(20)7-11)17(8-23-10-21-9-22-23)16(24-17)12-3-1-2-4-14(12)19/h1-7,9-10,16H,8H2/t16-,17-/m1/s1. The van der Waals surface area contributed by atoms with Crippen LogP contribution in [0.4, 0.5) is 13.2 Å². The molecule has 0 N–H and O–H groups in total. The number of hydrogen-bond acceptors (Lipinski definition) is 3. The number of benzene rings is 2. The third kappa shape index (κ3) is 2.37. The average molecular weight is 331 g/mol. The molecule has 1 aliphatic rings. The lowest BCUT2D eigenvalue weighted by Crippen LogP contribution is -2.21. The van der Waals surface area contributed by atoms with Crippen LogP contribution in [0.25, 0.3) is 0 Å². The minimum atomic E-state index is -1.16. The van der Waals surface area contributed by atoms with E-state index in [1.54, 1.807) is 18.2 Å². The highest BCUT2D eigenvalue weighted by Gasteiger charge is 2.61. The molecule has 1 aromatic heterocycles. The van der Waals surface area contributed by atoms with E-state index in [9.17, 15) is 13.2 Å². The summed E-state index contributed by atoms with van der Waals surface area (Å²) in [5.74, 6) is -1.87. The van der Waals surface area contributed by atoms with Gasteiger partial charge >= 0.3 is 0 Å². The van der Waals surface area contributed by atoms with Crippen LogP contribution in [0, 0.1) is 17.5 Å². The topological polar surface area (TPSA) is 43.2 Å². The van der Waals surface area contributed by atoms with Crippen LogP contribution < -0.4 is 0 Å². The quantitative estimate of drug-likeness (QED) is 0.689. The van der Waals surface area contributed by atoms with Crippen LogP contribution in [0.2, 0.25) is 0 Å². The monoisotopic (exact) mass is 331 g/mol. The first-order chi connectivity index (χ1) is 11.6. The van der Waals surface area contributed by atoms with E-state index in [1.807, 2.05) is 0 Å². The van der Waals surface area contributed by atoms with E-state index in [2.05, 4.69) is 10.1 Å². The zero-order valence-electron chi connectivity index (χ0n) is 12.4. The molecule has 24 heavy (non-hydrogen) atoms. The minimum Gasteiger partial charge on any atom is -0.354 e. The summed E-state index contributed by atoms with van der Waals surface area (Å²) in [5.41, 5.74) is -0.679. The van der Waals surface area contributed by atoms with Crippen LogP contribution in [0.1, 0.15) is 17.2 Å². The fraction of sp³-hybridized carbons (Fsp3) is 0.176. The predicted octanol–water partition coefficient (Wildman–Crippen LogP) is 3.36. The molecule has 2 atom stereocenters. The number of nitrogens with zero attached hydrogens (tertiary/aromatic N) is 3. The van der Waals surface area contributed by atoms with Crippen LogP contribution in [0.15, 0.2) is 55.1 Å². The van der Waals surface area contributed by atoms with Gasteiger partial charge in [0.2, 0.25) is 0 Å². The van der Waals surface area contributed by atoms with Crippen molar-refractivity contribution in [3.63, 3.8) is 0 Å². The Morgan fingerprint density at radius 1 is 1.08 bits per heavy atom. The van der Waals surface area contributed by atoms with Gasteiger partial charge in [0.25, 0.3) is 0 Å². The van der Waals surface area contributed by atoms with Gasteiger partial charge in [-0.15, -0.1) is 0 Å². The van der Waals surface area contributed by atoms with Gasteiger partial charge in [0.1, 0.15) is 41.8 Å². The molecule has 0 spiro atoms. The Bertz CT molecular complexity index is 885. The zero-order chi connectivity index (χ0) is 16.7. The third-order valence-corrected chi connectivity index (χ3v) is 4.13. The molecule has 2 heterocycles. The Hall–Kier alpha value is -2.67. The first-order valence-corrected chi connectivity index (χ1v) is 7.30. The summed E-state index contributed by atoms with van der Waals surface area (Å²) < 4.78 is 48.9. The Morgan fingerprint density at radius 3 is 2.62 bits per heavy atom. The molecule has 0 bridgehead atoms. The van der Waals surface area contributed by atoms with E-state index >= 15 is 0 Å². The van der Waals surface area contributed by atoms with Crippen molar-refractivity contribution in [2.75, 3.05) is 0 Å². The molecule has 7 heteroatoms. The van der Waals surface area contributed by atoms with Crippen molar-refractivity contribution in [1.82, 2.24) is 14.8 Å². The molecule has 4 nitrogen and oxygen atoms in total. The van der Waals surface area contributed by atoms with E-state index in [0.29, 0.717) is 5.56 Å². The van der Waals surface area contributed by atoms with Crippen LogP contribution in [-0.4, -0.2) is 14.8 Å². The number of ether oxygens (including phenoxy) is 1. The highest BCUT2D eigenvalue weighted by molar-refractivity contribution is 5.37. The van der Waals surface area contributed by atoms with Crippen molar-refractivity contribution in [2.24, 2.45) is 0 Å². The number of hydrogen-bond donors (Lipinski definition) is 0. The van der Waals surface area contributed by atoms with Crippen LogP contribution in [0.3, 0.4) is 0 Å². The number of rotatable bonds is 4. The minimum absolute atomic E-state index is 0.133. The summed E-state index contributed by atoms with van der Waals surface area (Å²) in [6, 6.07) is 9.42. The normalized spacial score (nSPS) is 22.5. The van der Waals surface area contributed by atoms with Crippen molar-refractivity contribution in [3.8, 4) is 0 Å². The summed E-state index contributed by atoms with van der Waals surface area (Å²) in [6.07, 6.45) is 2.11. The van der Waals surface area contributed by atoms with Gasteiger partial charge in [0.15, 0.2) is 0 Å². The lowest BCUT2D eigenvalue weighted by Gasteiger charge is -2.15. The van der Waals surface area contributed by atoms with Crippen molar-refractivity contribution in [3.05, 3.63) is 83.7 Å². The first kappa shape index (κ1) is 14.9. The average Bonchev–Trinajstić information content (AvgIpc) is 3.01. The number of halogens is 3. The zero-order valence-corrected chi connectivity index (χ0v) is 12.4. The van der Waals surface area contributed by atoms with E-state index in [-0.39, 0.29) is 12.1 Å². The molecule has 0 saturated carbocycles. The second-order valence-electron chi connectivity index (χ2n) is 5.63.